The van der Waals surface area contributed by atoms with Gasteiger partial charge in [-0.3, -0.25) is 4.79 Å². The molecular formula is C21H27FN2O4S. The molecule has 158 valence electrons. The SMILES string of the molecule is CCN(CC(=O)N[C@H](C)CCc1ccccc1)S(=O)(=O)c1cc(F)ccc1OC. The predicted molar refractivity (Wildman–Crippen MR) is 110 cm³/mol. The van der Waals surface area contributed by atoms with Crippen molar-refractivity contribution in [3.05, 3.63) is 59.9 Å². The molecular weight excluding hydrogens is 395 g/mol. The van der Waals surface area contributed by atoms with Gasteiger partial charge in [0.05, 0.1) is 13.7 Å². The maximum Gasteiger partial charge on any atom is 0.247 e. The molecule has 2 rings (SSSR count). The van der Waals surface area contributed by atoms with Gasteiger partial charge in [-0.25, -0.2) is 12.8 Å². The fourth-order valence-electron chi connectivity index (χ4n) is 2.94. The van der Waals surface area contributed by atoms with Gasteiger partial charge in [-0.15, -0.1) is 0 Å². The zero-order valence-corrected chi connectivity index (χ0v) is 17.7. The Kier molecular flexibility index (Phi) is 8.16. The molecule has 2 aromatic carbocycles. The standard InChI is InChI=1S/C21H27FN2O4S/c1-4-24(29(26,27)20-14-18(22)12-13-19(20)28-3)15-21(25)23-16(2)10-11-17-8-6-5-7-9-17/h5-9,12-14,16H,4,10-11,15H2,1-3H3,(H,23,25)/t16-/m1/s1. The molecule has 0 bridgehead atoms. The first-order valence-corrected chi connectivity index (χ1v) is 10.9. The van der Waals surface area contributed by atoms with Crippen molar-refractivity contribution in [3.63, 3.8) is 0 Å². The Morgan fingerprint density at radius 1 is 1.21 bits per heavy atom. The third-order valence-corrected chi connectivity index (χ3v) is 6.47. The Morgan fingerprint density at radius 3 is 2.52 bits per heavy atom. The van der Waals surface area contributed by atoms with Crippen LogP contribution in [-0.2, 0) is 21.2 Å². The highest BCUT2D eigenvalue weighted by atomic mass is 32.2. The van der Waals surface area contributed by atoms with Crippen molar-refractivity contribution in [1.29, 1.82) is 0 Å². The predicted octanol–water partition coefficient (Wildman–Crippen LogP) is 2.98. The summed E-state index contributed by atoms with van der Waals surface area (Å²) in [5, 5.41) is 2.83. The molecule has 0 aliphatic heterocycles. The zero-order valence-electron chi connectivity index (χ0n) is 16.9. The Hall–Kier alpha value is -2.45. The van der Waals surface area contributed by atoms with E-state index in [0.717, 1.165) is 29.3 Å². The number of methoxy groups -OCH3 is 1. The first-order valence-electron chi connectivity index (χ1n) is 9.45. The van der Waals surface area contributed by atoms with Crippen LogP contribution in [0.15, 0.2) is 53.4 Å². The van der Waals surface area contributed by atoms with E-state index in [1.807, 2.05) is 37.3 Å². The normalized spacial score (nSPS) is 12.6. The van der Waals surface area contributed by atoms with E-state index in [0.29, 0.717) is 0 Å². The summed E-state index contributed by atoms with van der Waals surface area (Å²) in [6.45, 7) is 3.21. The van der Waals surface area contributed by atoms with Gasteiger partial charge in [0.1, 0.15) is 16.5 Å². The van der Waals surface area contributed by atoms with E-state index in [1.54, 1.807) is 6.92 Å². The maximum absolute atomic E-state index is 13.6. The number of rotatable bonds is 10. The van der Waals surface area contributed by atoms with Crippen molar-refractivity contribution >= 4 is 15.9 Å². The van der Waals surface area contributed by atoms with Crippen molar-refractivity contribution in [2.45, 2.75) is 37.6 Å². The maximum atomic E-state index is 13.6. The van der Waals surface area contributed by atoms with Crippen LogP contribution < -0.4 is 10.1 Å². The van der Waals surface area contributed by atoms with Gasteiger partial charge in [-0.05, 0) is 43.5 Å². The number of halogens is 1. The molecule has 1 N–H and O–H groups in total. The third kappa shape index (κ3) is 6.27. The molecule has 0 heterocycles. The molecule has 0 radical (unpaired) electrons. The molecule has 1 amide bonds. The van der Waals surface area contributed by atoms with Crippen LogP contribution in [0.3, 0.4) is 0 Å². The number of hydrogen-bond donors (Lipinski definition) is 1. The molecule has 0 aliphatic carbocycles. The highest BCUT2D eigenvalue weighted by Crippen LogP contribution is 2.27. The van der Waals surface area contributed by atoms with Gasteiger partial charge in [-0.1, -0.05) is 37.3 Å². The van der Waals surface area contributed by atoms with Gasteiger partial charge in [-0.2, -0.15) is 4.31 Å². The molecule has 0 aromatic heterocycles. The fourth-order valence-corrected chi connectivity index (χ4v) is 4.51. The van der Waals surface area contributed by atoms with E-state index in [4.69, 9.17) is 4.74 Å². The average molecular weight is 423 g/mol. The number of carbonyl (C=O) groups is 1. The molecule has 0 spiro atoms. The van der Waals surface area contributed by atoms with Crippen LogP contribution in [0.4, 0.5) is 4.39 Å². The highest BCUT2D eigenvalue weighted by Gasteiger charge is 2.29. The lowest BCUT2D eigenvalue weighted by Gasteiger charge is -2.22. The first-order chi connectivity index (χ1) is 13.8. The summed E-state index contributed by atoms with van der Waals surface area (Å²) >= 11 is 0. The van der Waals surface area contributed by atoms with E-state index < -0.39 is 21.7 Å². The molecule has 6 nitrogen and oxygen atoms in total. The van der Waals surface area contributed by atoms with E-state index in [1.165, 1.54) is 18.7 Å². The molecule has 8 heteroatoms. The Bertz CT molecular complexity index is 920. The van der Waals surface area contributed by atoms with Gasteiger partial charge in [0.15, 0.2) is 0 Å². The molecule has 0 aliphatic rings. The molecule has 0 fully saturated rings. The second-order valence-corrected chi connectivity index (χ2v) is 8.63. The number of benzene rings is 2. The second kappa shape index (κ2) is 10.4. The van der Waals surface area contributed by atoms with E-state index in [-0.39, 0.29) is 29.8 Å². The largest absolute Gasteiger partial charge is 0.495 e. The van der Waals surface area contributed by atoms with E-state index in [2.05, 4.69) is 5.32 Å². The molecule has 2 aromatic rings. The van der Waals surface area contributed by atoms with Gasteiger partial charge >= 0.3 is 0 Å². The number of carbonyl (C=O) groups excluding carboxylic acids is 1. The number of nitrogens with one attached hydrogen (secondary N) is 1. The Labute approximate surface area is 171 Å². The summed E-state index contributed by atoms with van der Waals surface area (Å²) in [5.41, 5.74) is 1.17. The molecule has 0 unspecified atom stereocenters. The number of ether oxygens (including phenoxy) is 1. The van der Waals surface area contributed by atoms with Gasteiger partial charge in [0, 0.05) is 12.6 Å². The van der Waals surface area contributed by atoms with Gasteiger partial charge in [0.2, 0.25) is 15.9 Å². The summed E-state index contributed by atoms with van der Waals surface area (Å²) in [5.74, 6) is -1.08. The van der Waals surface area contributed by atoms with Crippen LogP contribution in [0.1, 0.15) is 25.8 Å². The van der Waals surface area contributed by atoms with E-state index in [9.17, 15) is 17.6 Å². The summed E-state index contributed by atoms with van der Waals surface area (Å²) < 4.78 is 45.5. The number of nitrogens with zero attached hydrogens (tertiary/aromatic N) is 1. The van der Waals surface area contributed by atoms with Crippen molar-refractivity contribution in [2.24, 2.45) is 0 Å². The molecule has 0 saturated heterocycles. The van der Waals surface area contributed by atoms with Crippen LogP contribution in [-0.4, -0.2) is 44.9 Å². The molecule has 29 heavy (non-hydrogen) atoms. The van der Waals surface area contributed by atoms with Crippen LogP contribution in [0, 0.1) is 5.82 Å². The second-order valence-electron chi connectivity index (χ2n) is 6.72. The van der Waals surface area contributed by atoms with Crippen LogP contribution in [0.5, 0.6) is 5.75 Å². The molecule has 1 atom stereocenters. The monoisotopic (exact) mass is 422 g/mol. The number of aryl methyl sites for hydroxylation is 1. The summed E-state index contributed by atoms with van der Waals surface area (Å²) in [6, 6.07) is 13.1. The van der Waals surface area contributed by atoms with Crippen LogP contribution in [0.25, 0.3) is 0 Å². The lowest BCUT2D eigenvalue weighted by Crippen LogP contribution is -2.43. The quantitative estimate of drug-likeness (QED) is 0.639. The van der Waals surface area contributed by atoms with Crippen LogP contribution >= 0.6 is 0 Å². The van der Waals surface area contributed by atoms with Gasteiger partial charge < -0.3 is 10.1 Å². The van der Waals surface area contributed by atoms with Gasteiger partial charge in [0.25, 0.3) is 0 Å². The Morgan fingerprint density at radius 2 is 1.90 bits per heavy atom. The minimum atomic E-state index is -4.10. The highest BCUT2D eigenvalue weighted by molar-refractivity contribution is 7.89. The number of likely N-dealkylation sites (N-methyl/N-ethyl adjacent to an activating group) is 1. The number of amides is 1. The minimum Gasteiger partial charge on any atom is -0.495 e. The lowest BCUT2D eigenvalue weighted by atomic mass is 10.1. The topological polar surface area (TPSA) is 75.7 Å². The van der Waals surface area contributed by atoms with Crippen LogP contribution in [0.2, 0.25) is 0 Å². The minimum absolute atomic E-state index is 0.0292. The number of hydrogen-bond acceptors (Lipinski definition) is 4. The summed E-state index contributed by atoms with van der Waals surface area (Å²) in [4.78, 5) is 12.1. The molecule has 0 saturated carbocycles. The van der Waals surface area contributed by atoms with Crippen molar-refractivity contribution in [2.75, 3.05) is 20.2 Å². The summed E-state index contributed by atoms with van der Waals surface area (Å²) in [6.07, 6.45) is 1.53. The van der Waals surface area contributed by atoms with E-state index >= 15 is 0 Å². The van der Waals surface area contributed by atoms with Crippen molar-refractivity contribution < 1.29 is 22.3 Å². The lowest BCUT2D eigenvalue weighted by molar-refractivity contribution is -0.121. The third-order valence-electron chi connectivity index (χ3n) is 4.53. The van der Waals surface area contributed by atoms with Crippen molar-refractivity contribution in [3.8, 4) is 5.75 Å². The summed E-state index contributed by atoms with van der Waals surface area (Å²) in [7, 11) is -2.79. The average Bonchev–Trinajstić information content (AvgIpc) is 2.71. The smallest absolute Gasteiger partial charge is 0.247 e. The van der Waals surface area contributed by atoms with Crippen molar-refractivity contribution in [1.82, 2.24) is 9.62 Å². The fraction of sp³-hybridized carbons (Fsp3) is 0.381. The number of sulfonamides is 1. The first kappa shape index (κ1) is 22.8. The zero-order chi connectivity index (χ0) is 21.4. The Balaban J connectivity index is 2.02.